The van der Waals surface area contributed by atoms with Gasteiger partial charge in [-0.3, -0.25) is 14.5 Å². The molecule has 2 N–H and O–H groups in total. The maximum absolute atomic E-state index is 12.9. The highest BCUT2D eigenvalue weighted by Gasteiger charge is 2.32. The minimum atomic E-state index is -0.623. The maximum Gasteiger partial charge on any atom is 0.246 e. The van der Waals surface area contributed by atoms with Crippen LogP contribution in [0.2, 0.25) is 0 Å². The van der Waals surface area contributed by atoms with Gasteiger partial charge in [-0.15, -0.1) is 0 Å². The normalized spacial score (nSPS) is 20.4. The number of carbonyl (C=O) groups excluding carboxylic acids is 2. The zero-order valence-electron chi connectivity index (χ0n) is 9.53. The van der Waals surface area contributed by atoms with E-state index in [9.17, 15) is 14.0 Å². The number of imide groups is 1. The topological polar surface area (TPSA) is 63.4 Å². The molecule has 96 valence electrons. The first-order chi connectivity index (χ1) is 8.49. The maximum atomic E-state index is 12.9. The number of nitrogens with two attached hydrogens (primary N) is 1. The van der Waals surface area contributed by atoms with Gasteiger partial charge in [-0.25, -0.2) is 4.39 Å². The van der Waals surface area contributed by atoms with Gasteiger partial charge in [0.1, 0.15) is 5.82 Å². The van der Waals surface area contributed by atoms with Crippen LogP contribution >= 0.6 is 15.9 Å². The summed E-state index contributed by atoms with van der Waals surface area (Å²) in [5.41, 5.74) is 6.30. The first kappa shape index (κ1) is 13.2. The number of rotatable bonds is 2. The number of amides is 2. The summed E-state index contributed by atoms with van der Waals surface area (Å²) in [6, 6.07) is 3.51. The van der Waals surface area contributed by atoms with E-state index in [1.807, 2.05) is 0 Å². The molecule has 6 heteroatoms. The van der Waals surface area contributed by atoms with E-state index in [1.54, 1.807) is 6.07 Å². The van der Waals surface area contributed by atoms with Crippen LogP contribution in [-0.4, -0.2) is 22.8 Å². The molecule has 1 aromatic carbocycles. The molecule has 1 unspecified atom stereocenters. The van der Waals surface area contributed by atoms with Gasteiger partial charge in [-0.05, 0) is 24.1 Å². The quantitative estimate of drug-likeness (QED) is 0.843. The smallest absolute Gasteiger partial charge is 0.246 e. The molecule has 4 nitrogen and oxygen atoms in total. The van der Waals surface area contributed by atoms with Crippen molar-refractivity contribution in [2.75, 3.05) is 0 Å². The van der Waals surface area contributed by atoms with Crippen LogP contribution in [0.5, 0.6) is 0 Å². The van der Waals surface area contributed by atoms with E-state index in [-0.39, 0.29) is 30.6 Å². The molecule has 1 heterocycles. The molecule has 0 radical (unpaired) electrons. The summed E-state index contributed by atoms with van der Waals surface area (Å²) in [5, 5.41) is 0. The van der Waals surface area contributed by atoms with Crippen LogP contribution in [0, 0.1) is 5.82 Å². The van der Waals surface area contributed by atoms with Crippen molar-refractivity contribution in [1.82, 2.24) is 4.90 Å². The first-order valence-corrected chi connectivity index (χ1v) is 6.32. The average molecular weight is 315 g/mol. The summed E-state index contributed by atoms with van der Waals surface area (Å²) >= 11 is 3.21. The molecule has 2 amide bonds. The summed E-state index contributed by atoms with van der Waals surface area (Å²) in [4.78, 5) is 24.6. The minimum absolute atomic E-state index is 0.117. The third-order valence-electron chi connectivity index (χ3n) is 2.90. The molecule has 18 heavy (non-hydrogen) atoms. The number of benzene rings is 1. The van der Waals surface area contributed by atoms with Crippen LogP contribution in [0.1, 0.15) is 18.4 Å². The Morgan fingerprint density at radius 2 is 2.17 bits per heavy atom. The molecule has 1 atom stereocenters. The van der Waals surface area contributed by atoms with Crippen molar-refractivity contribution in [1.29, 1.82) is 0 Å². The monoisotopic (exact) mass is 314 g/mol. The van der Waals surface area contributed by atoms with Crippen molar-refractivity contribution < 1.29 is 14.0 Å². The molecule has 1 aromatic rings. The van der Waals surface area contributed by atoms with Crippen LogP contribution in [0.3, 0.4) is 0 Å². The zero-order chi connectivity index (χ0) is 13.3. The van der Waals surface area contributed by atoms with Gasteiger partial charge in [-0.1, -0.05) is 22.0 Å². The Morgan fingerprint density at radius 3 is 2.83 bits per heavy atom. The van der Waals surface area contributed by atoms with Crippen LogP contribution in [0.25, 0.3) is 0 Å². The van der Waals surface area contributed by atoms with Gasteiger partial charge in [0.2, 0.25) is 11.8 Å². The third kappa shape index (κ3) is 2.59. The fourth-order valence-corrected chi connectivity index (χ4v) is 2.32. The fraction of sp³-hybridized carbons (Fsp3) is 0.333. The highest BCUT2D eigenvalue weighted by Crippen LogP contribution is 2.22. The minimum Gasteiger partial charge on any atom is -0.320 e. The number of halogens is 2. The fourth-order valence-electron chi connectivity index (χ4n) is 1.85. The van der Waals surface area contributed by atoms with Gasteiger partial charge in [0, 0.05) is 10.9 Å². The largest absolute Gasteiger partial charge is 0.320 e. The van der Waals surface area contributed by atoms with E-state index in [1.165, 1.54) is 12.1 Å². The van der Waals surface area contributed by atoms with E-state index >= 15 is 0 Å². The second-order valence-electron chi connectivity index (χ2n) is 4.20. The van der Waals surface area contributed by atoms with Crippen molar-refractivity contribution in [2.24, 2.45) is 5.73 Å². The summed E-state index contributed by atoms with van der Waals surface area (Å²) in [5.74, 6) is -0.987. The molecule has 0 aliphatic carbocycles. The predicted molar refractivity (Wildman–Crippen MR) is 66.9 cm³/mol. The SMILES string of the molecule is NC1CCC(=O)N(Cc2ccc(F)cc2Br)C1=O. The predicted octanol–water partition coefficient (Wildman–Crippen LogP) is 1.56. The molecule has 1 saturated heterocycles. The second kappa shape index (κ2) is 5.16. The number of hydrogen-bond acceptors (Lipinski definition) is 3. The highest BCUT2D eigenvalue weighted by molar-refractivity contribution is 9.10. The van der Waals surface area contributed by atoms with Crippen molar-refractivity contribution in [3.63, 3.8) is 0 Å². The van der Waals surface area contributed by atoms with Gasteiger partial charge in [-0.2, -0.15) is 0 Å². The first-order valence-electron chi connectivity index (χ1n) is 5.53. The Bertz CT molecular complexity index is 507. The van der Waals surface area contributed by atoms with E-state index < -0.39 is 6.04 Å². The molecule has 1 aliphatic heterocycles. The van der Waals surface area contributed by atoms with Gasteiger partial charge in [0.25, 0.3) is 0 Å². The molecule has 1 aliphatic rings. The molecular formula is C12H12BrFN2O2. The Hall–Kier alpha value is -1.27. The highest BCUT2D eigenvalue weighted by atomic mass is 79.9. The van der Waals surface area contributed by atoms with Gasteiger partial charge < -0.3 is 5.73 Å². The summed E-state index contributed by atoms with van der Waals surface area (Å²) < 4.78 is 13.5. The number of nitrogens with zero attached hydrogens (tertiary/aromatic N) is 1. The molecular weight excluding hydrogens is 303 g/mol. The van der Waals surface area contributed by atoms with Crippen molar-refractivity contribution in [3.8, 4) is 0 Å². The lowest BCUT2D eigenvalue weighted by molar-refractivity contribution is -0.149. The van der Waals surface area contributed by atoms with Crippen molar-refractivity contribution in [3.05, 3.63) is 34.1 Å². The Kier molecular flexibility index (Phi) is 3.77. The number of hydrogen-bond donors (Lipinski definition) is 1. The lowest BCUT2D eigenvalue weighted by Gasteiger charge is -2.28. The molecule has 2 rings (SSSR count). The Morgan fingerprint density at radius 1 is 1.44 bits per heavy atom. The molecule has 0 aromatic heterocycles. The third-order valence-corrected chi connectivity index (χ3v) is 3.64. The van der Waals surface area contributed by atoms with Gasteiger partial charge >= 0.3 is 0 Å². The van der Waals surface area contributed by atoms with E-state index in [0.717, 1.165) is 4.90 Å². The van der Waals surface area contributed by atoms with Crippen molar-refractivity contribution >= 4 is 27.7 Å². The summed E-state index contributed by atoms with van der Waals surface area (Å²) in [6.07, 6.45) is 0.657. The molecule has 0 saturated carbocycles. The Labute approximate surface area is 112 Å². The molecule has 1 fully saturated rings. The number of carbonyl (C=O) groups is 2. The van der Waals surface area contributed by atoms with E-state index in [4.69, 9.17) is 5.73 Å². The average Bonchev–Trinajstić information content (AvgIpc) is 2.32. The summed E-state index contributed by atoms with van der Waals surface area (Å²) in [6.45, 7) is 0.117. The van der Waals surface area contributed by atoms with Crippen molar-refractivity contribution in [2.45, 2.75) is 25.4 Å². The van der Waals surface area contributed by atoms with Crippen LogP contribution in [0.15, 0.2) is 22.7 Å². The molecule has 0 bridgehead atoms. The standard InChI is InChI=1S/C12H12BrFN2O2/c13-9-5-8(14)2-1-7(9)6-16-11(17)4-3-10(15)12(16)18/h1-2,5,10H,3-4,6,15H2. The Balaban J connectivity index is 2.21. The molecule has 0 spiro atoms. The van der Waals surface area contributed by atoms with Crippen LogP contribution in [0.4, 0.5) is 4.39 Å². The number of likely N-dealkylation sites (tertiary alicyclic amines) is 1. The van der Waals surface area contributed by atoms with Gasteiger partial charge in [0.15, 0.2) is 0 Å². The van der Waals surface area contributed by atoms with Crippen LogP contribution < -0.4 is 5.73 Å². The van der Waals surface area contributed by atoms with E-state index in [0.29, 0.717) is 16.5 Å². The lowest BCUT2D eigenvalue weighted by atomic mass is 10.0. The summed E-state index contributed by atoms with van der Waals surface area (Å²) in [7, 11) is 0. The van der Waals surface area contributed by atoms with Gasteiger partial charge in [0.05, 0.1) is 12.6 Å². The van der Waals surface area contributed by atoms with E-state index in [2.05, 4.69) is 15.9 Å². The zero-order valence-corrected chi connectivity index (χ0v) is 11.1. The lowest BCUT2D eigenvalue weighted by Crippen LogP contribution is -2.50. The number of piperidine rings is 1. The van der Waals surface area contributed by atoms with Crippen LogP contribution in [-0.2, 0) is 16.1 Å². The second-order valence-corrected chi connectivity index (χ2v) is 5.05.